The Bertz CT molecular complexity index is 1730. The van der Waals surface area contributed by atoms with Crippen LogP contribution in [0.5, 0.6) is 5.75 Å². The van der Waals surface area contributed by atoms with Gasteiger partial charge in [0.15, 0.2) is 17.0 Å². The molecule has 52 heavy (non-hydrogen) atoms. The van der Waals surface area contributed by atoms with Gasteiger partial charge in [-0.15, -0.1) is 0 Å². The summed E-state index contributed by atoms with van der Waals surface area (Å²) in [5.41, 5.74) is 6.93. The average molecular weight is 790 g/mol. The molecule has 0 bridgehead atoms. The first kappa shape index (κ1) is 42.1. The van der Waals surface area contributed by atoms with Crippen molar-refractivity contribution >= 4 is 50.1 Å². The number of rotatable bonds is 19. The Hall–Kier alpha value is -2.69. The minimum Gasteiger partial charge on any atom is -0.465 e. The van der Waals surface area contributed by atoms with Crippen molar-refractivity contribution in [3.63, 3.8) is 0 Å². The number of benzene rings is 1. The third-order valence-corrected chi connectivity index (χ3v) is 12.3. The Morgan fingerprint density at radius 1 is 1.17 bits per heavy atom. The van der Waals surface area contributed by atoms with E-state index in [0.717, 1.165) is 13.1 Å². The van der Waals surface area contributed by atoms with Gasteiger partial charge in [-0.3, -0.25) is 9.32 Å². The number of aliphatic hydroxyl groups excluding tert-OH is 1. The topological polar surface area (TPSA) is 223 Å². The van der Waals surface area contributed by atoms with E-state index in [2.05, 4.69) is 33.8 Å². The van der Waals surface area contributed by atoms with Crippen molar-refractivity contribution in [1.29, 1.82) is 0 Å². The maximum Gasteiger partial charge on any atom is 0.481 e. The van der Waals surface area contributed by atoms with Crippen LogP contribution in [0.25, 0.3) is 11.2 Å². The van der Waals surface area contributed by atoms with Gasteiger partial charge < -0.3 is 39.2 Å². The van der Waals surface area contributed by atoms with Gasteiger partial charge in [0, 0.05) is 13.0 Å². The fourth-order valence-corrected chi connectivity index (χ4v) is 9.17. The largest absolute Gasteiger partial charge is 0.481 e. The number of carbonyl (C=O) groups excluding carboxylic acids is 1. The summed E-state index contributed by atoms with van der Waals surface area (Å²) in [4.78, 5) is 39.1. The lowest BCUT2D eigenvalue weighted by molar-refractivity contribution is -0.147. The third kappa shape index (κ3) is 10.7. The number of halogens is 1. The fraction of sp³-hybridized carbons (Fsp3) is 0.625. The van der Waals surface area contributed by atoms with E-state index in [1.165, 1.54) is 12.1 Å². The number of fused-ring (bicyclic) bond motifs is 1. The summed E-state index contributed by atoms with van der Waals surface area (Å²) in [5, 5.41) is 13.7. The van der Waals surface area contributed by atoms with Gasteiger partial charge in [-0.2, -0.15) is 19.4 Å². The molecule has 20 heteroatoms. The molecule has 4 unspecified atom stereocenters. The van der Waals surface area contributed by atoms with Crippen LogP contribution in [0.3, 0.4) is 0 Å². The molecule has 17 nitrogen and oxygen atoms in total. The lowest BCUT2D eigenvalue weighted by Gasteiger charge is -2.39. The van der Waals surface area contributed by atoms with E-state index in [9.17, 15) is 23.9 Å². The Morgan fingerprint density at radius 2 is 1.87 bits per heavy atom. The van der Waals surface area contributed by atoms with Gasteiger partial charge >= 0.3 is 21.5 Å². The molecule has 1 fully saturated rings. The van der Waals surface area contributed by atoms with E-state index in [1.54, 1.807) is 39.0 Å². The van der Waals surface area contributed by atoms with Crippen LogP contribution in [-0.2, 0) is 38.7 Å². The molecule has 0 radical (unpaired) electrons. The molecule has 4 rings (SSSR count). The number of anilines is 1. The molecule has 0 spiro atoms. The predicted octanol–water partition coefficient (Wildman–Crippen LogP) is 4.91. The van der Waals surface area contributed by atoms with Crippen LogP contribution in [0.2, 0.25) is 5.28 Å². The van der Waals surface area contributed by atoms with Crippen LogP contribution in [0.1, 0.15) is 66.3 Å². The number of nitrogen functional groups attached to an aromatic ring is 1. The standard InChI is InChI=1S/C32H50ClN7O10P2/c1-7-20(5)27(31(42)46-10-4)38-51(43,49-22-14-12-11-13-15-22)50-52(44,45)47-19-25-24(41)18-23(21(6)48-25)40-26(16-17-39(8-2)9-3)35-28-29(34)36-32(33)37-30(28)40/h11-15,20-21,23-25,27,41H,7-10,16-19H2,1-6H3,(H,38,43)(H,44,45)(H2,34,36,37)/t20?,21?,23-,24+,25+,27-,51?/m0/s1. The maximum absolute atomic E-state index is 14.1. The van der Waals surface area contributed by atoms with Gasteiger partial charge in [-0.05, 0) is 63.0 Å². The molecule has 0 amide bonds. The molecule has 2 aromatic heterocycles. The van der Waals surface area contributed by atoms with E-state index in [-0.39, 0.29) is 29.9 Å². The van der Waals surface area contributed by atoms with Crippen molar-refractivity contribution in [3.8, 4) is 5.75 Å². The molecule has 3 heterocycles. The van der Waals surface area contributed by atoms with Gasteiger partial charge in [-0.1, -0.05) is 52.3 Å². The number of phosphoric acid groups is 1. The highest BCUT2D eigenvalue weighted by molar-refractivity contribution is 7.63. The zero-order valence-corrected chi connectivity index (χ0v) is 32.8. The van der Waals surface area contributed by atoms with E-state index in [0.29, 0.717) is 36.4 Å². The number of esters is 1. The Labute approximate surface area is 308 Å². The van der Waals surface area contributed by atoms with Crippen LogP contribution in [0.15, 0.2) is 30.3 Å². The summed E-state index contributed by atoms with van der Waals surface area (Å²) in [6.45, 7) is 12.9. The smallest absolute Gasteiger partial charge is 0.465 e. The number of nitrogens with two attached hydrogens (primary N) is 1. The highest BCUT2D eigenvalue weighted by Crippen LogP contribution is 2.61. The summed E-state index contributed by atoms with van der Waals surface area (Å²) >= 11 is 6.19. The Kier molecular flexibility index (Phi) is 15.0. The first-order chi connectivity index (χ1) is 24.6. The summed E-state index contributed by atoms with van der Waals surface area (Å²) in [6, 6.07) is 6.09. The van der Waals surface area contributed by atoms with Gasteiger partial charge in [0.05, 0.1) is 31.5 Å². The number of phosphoric ester groups is 1. The highest BCUT2D eigenvalue weighted by Gasteiger charge is 2.45. The molecule has 5 N–H and O–H groups in total. The normalized spacial score (nSPS) is 22.8. The number of carbonyl (C=O) groups is 1. The lowest BCUT2D eigenvalue weighted by Crippen LogP contribution is -2.46. The van der Waals surface area contributed by atoms with E-state index in [1.807, 2.05) is 11.5 Å². The molecular weight excluding hydrogens is 740 g/mol. The second-order valence-electron chi connectivity index (χ2n) is 12.5. The summed E-state index contributed by atoms with van der Waals surface area (Å²) in [5.74, 6) is -0.368. The molecule has 0 aliphatic carbocycles. The van der Waals surface area contributed by atoms with Crippen molar-refractivity contribution in [2.75, 3.05) is 38.6 Å². The van der Waals surface area contributed by atoms with Gasteiger partial charge in [0.2, 0.25) is 5.28 Å². The second kappa shape index (κ2) is 18.6. The number of hydrogen-bond donors (Lipinski definition) is 4. The predicted molar refractivity (Wildman–Crippen MR) is 195 cm³/mol. The minimum absolute atomic E-state index is 0.0350. The van der Waals surface area contributed by atoms with E-state index < -0.39 is 64.5 Å². The Morgan fingerprint density at radius 3 is 2.50 bits per heavy atom. The zero-order valence-electron chi connectivity index (χ0n) is 30.3. The molecule has 1 aliphatic rings. The molecule has 290 valence electrons. The van der Waals surface area contributed by atoms with Crippen LogP contribution in [-0.4, -0.2) is 97.6 Å². The van der Waals surface area contributed by atoms with Crippen molar-refractivity contribution < 1.29 is 46.8 Å². The zero-order chi connectivity index (χ0) is 38.2. The third-order valence-electron chi connectivity index (χ3n) is 8.97. The molecule has 1 saturated heterocycles. The number of ether oxygens (including phenoxy) is 2. The van der Waals surface area contributed by atoms with E-state index >= 15 is 0 Å². The quantitative estimate of drug-likeness (QED) is 0.0719. The van der Waals surface area contributed by atoms with Gasteiger partial charge in [0.1, 0.15) is 23.7 Å². The molecule has 1 aliphatic heterocycles. The SMILES string of the molecule is CCOC(=O)[C@@H](NP(=O)(Oc1ccccc1)OP(=O)(O)OC[C@H]1OC(C)[C@@H](n2c(CCN(CC)CC)nc3c(N)nc(Cl)nc32)C[C@H]1O)C(C)CC. The minimum atomic E-state index is -5.20. The summed E-state index contributed by atoms with van der Waals surface area (Å²) in [6.07, 6.45) is -1.77. The number of para-hydroxylation sites is 1. The highest BCUT2D eigenvalue weighted by atomic mass is 35.5. The fourth-order valence-electron chi connectivity index (χ4n) is 5.91. The van der Waals surface area contributed by atoms with Crippen LogP contribution in [0, 0.1) is 5.92 Å². The number of aliphatic hydroxyl groups is 1. The van der Waals surface area contributed by atoms with E-state index in [4.69, 9.17) is 45.2 Å². The first-order valence-corrected chi connectivity index (χ1v) is 20.8. The van der Waals surface area contributed by atoms with Gasteiger partial charge in [-0.25, -0.2) is 14.1 Å². The maximum atomic E-state index is 14.1. The number of likely N-dealkylation sites (N-methyl/N-ethyl adjacent to an activating group) is 1. The summed E-state index contributed by atoms with van der Waals surface area (Å²) in [7, 11) is -10.0. The van der Waals surface area contributed by atoms with Crippen LogP contribution >= 0.6 is 27.2 Å². The summed E-state index contributed by atoms with van der Waals surface area (Å²) < 4.78 is 56.6. The molecule has 8 atom stereocenters. The monoisotopic (exact) mass is 789 g/mol. The number of nitrogens with one attached hydrogen (secondary N) is 1. The Balaban J connectivity index is 1.53. The number of imidazole rings is 1. The lowest BCUT2D eigenvalue weighted by atomic mass is 9.96. The van der Waals surface area contributed by atoms with Crippen LogP contribution in [0.4, 0.5) is 5.82 Å². The van der Waals surface area contributed by atoms with Crippen molar-refractivity contribution in [1.82, 2.24) is 29.5 Å². The van der Waals surface area contributed by atoms with Crippen molar-refractivity contribution in [2.24, 2.45) is 5.92 Å². The van der Waals surface area contributed by atoms with Gasteiger partial charge in [0.25, 0.3) is 0 Å². The van der Waals surface area contributed by atoms with Crippen molar-refractivity contribution in [2.45, 2.75) is 91.2 Å². The molecular formula is C32H50ClN7O10P2. The second-order valence-corrected chi connectivity index (χ2v) is 16.1. The molecule has 3 aromatic rings. The van der Waals surface area contributed by atoms with Crippen LogP contribution < -0.4 is 15.3 Å². The average Bonchev–Trinajstić information content (AvgIpc) is 3.46. The number of aromatic nitrogens is 4. The first-order valence-electron chi connectivity index (χ1n) is 17.4. The molecule has 1 aromatic carbocycles. The van der Waals surface area contributed by atoms with Crippen molar-refractivity contribution in [3.05, 3.63) is 41.4 Å². The number of hydrogen-bond acceptors (Lipinski definition) is 14. The number of nitrogens with zero attached hydrogens (tertiary/aromatic N) is 5. The molecule has 0 saturated carbocycles.